The van der Waals surface area contributed by atoms with Gasteiger partial charge in [-0.05, 0) is 35.0 Å². The summed E-state index contributed by atoms with van der Waals surface area (Å²) in [5.74, 6) is 1.45. The average Bonchev–Trinajstić information content (AvgIpc) is 3.03. The van der Waals surface area contributed by atoms with E-state index in [-0.39, 0.29) is 0 Å². The van der Waals surface area contributed by atoms with Crippen molar-refractivity contribution in [3.63, 3.8) is 0 Å². The van der Waals surface area contributed by atoms with Gasteiger partial charge in [-0.3, -0.25) is 0 Å². The lowest BCUT2D eigenvalue weighted by atomic mass is 10.2. The van der Waals surface area contributed by atoms with Crippen molar-refractivity contribution in [2.45, 2.75) is 6.54 Å². The van der Waals surface area contributed by atoms with Gasteiger partial charge >= 0.3 is 0 Å². The summed E-state index contributed by atoms with van der Waals surface area (Å²) in [5.41, 5.74) is 2.07. The fourth-order valence-electron chi connectivity index (χ4n) is 2.03. The van der Waals surface area contributed by atoms with Crippen molar-refractivity contribution < 1.29 is 4.74 Å². The van der Waals surface area contributed by atoms with E-state index in [0.717, 1.165) is 22.2 Å². The predicted octanol–water partition coefficient (Wildman–Crippen LogP) is 3.16. The van der Waals surface area contributed by atoms with Crippen LogP contribution in [0.1, 0.15) is 5.56 Å². The molecule has 22 heavy (non-hydrogen) atoms. The van der Waals surface area contributed by atoms with Crippen LogP contribution in [-0.4, -0.2) is 32.1 Å². The van der Waals surface area contributed by atoms with Crippen molar-refractivity contribution in [1.82, 2.24) is 20.2 Å². The van der Waals surface area contributed by atoms with Crippen LogP contribution >= 0.6 is 15.9 Å². The van der Waals surface area contributed by atoms with Gasteiger partial charge in [0.05, 0.1) is 13.2 Å². The number of hydrogen-bond donors (Lipinski definition) is 0. The van der Waals surface area contributed by atoms with Gasteiger partial charge in [0.1, 0.15) is 5.75 Å². The van der Waals surface area contributed by atoms with Gasteiger partial charge in [0.25, 0.3) is 0 Å². The molecule has 0 atom stereocenters. The van der Waals surface area contributed by atoms with Crippen molar-refractivity contribution in [3.05, 3.63) is 60.2 Å². The van der Waals surface area contributed by atoms with Crippen LogP contribution in [0.15, 0.2) is 54.6 Å². The molecule has 0 aliphatic heterocycles. The van der Waals surface area contributed by atoms with Gasteiger partial charge in [-0.2, -0.15) is 4.80 Å². The quantitative estimate of drug-likeness (QED) is 0.635. The Morgan fingerprint density at radius 3 is 2.50 bits per heavy atom. The number of aromatic nitrogens is 4. The Kier molecular flexibility index (Phi) is 4.80. The Balaban J connectivity index is 1.70. The van der Waals surface area contributed by atoms with E-state index < -0.39 is 0 Å². The summed E-state index contributed by atoms with van der Waals surface area (Å²) in [6.45, 7) is 1.26. The number of halogens is 1. The minimum atomic E-state index is 0.611. The van der Waals surface area contributed by atoms with Gasteiger partial charge in [0.2, 0.25) is 5.82 Å². The lowest BCUT2D eigenvalue weighted by molar-refractivity contribution is 0.345. The van der Waals surface area contributed by atoms with E-state index in [9.17, 15) is 0 Å². The Bertz CT molecular complexity index is 713. The van der Waals surface area contributed by atoms with Crippen molar-refractivity contribution in [3.8, 4) is 17.1 Å². The highest BCUT2D eigenvalue weighted by atomic mass is 79.9. The minimum absolute atomic E-state index is 0.611. The second-order valence-corrected chi connectivity index (χ2v) is 5.48. The lowest BCUT2D eigenvalue weighted by Gasteiger charge is -2.03. The Hall–Kier alpha value is -2.21. The topological polar surface area (TPSA) is 52.8 Å². The first-order valence-corrected chi connectivity index (χ1v) is 8.08. The average molecular weight is 359 g/mol. The van der Waals surface area contributed by atoms with Crippen LogP contribution in [0.2, 0.25) is 0 Å². The molecule has 0 amide bonds. The van der Waals surface area contributed by atoms with Crippen LogP contribution < -0.4 is 4.74 Å². The van der Waals surface area contributed by atoms with Crippen LogP contribution in [-0.2, 0) is 6.54 Å². The van der Waals surface area contributed by atoms with Crippen LogP contribution in [0, 0.1) is 0 Å². The van der Waals surface area contributed by atoms with E-state index in [1.54, 1.807) is 4.80 Å². The largest absolute Gasteiger partial charge is 0.493 e. The smallest absolute Gasteiger partial charge is 0.204 e. The Morgan fingerprint density at radius 1 is 1.00 bits per heavy atom. The highest BCUT2D eigenvalue weighted by Gasteiger charge is 2.06. The van der Waals surface area contributed by atoms with Crippen LogP contribution in [0.4, 0.5) is 0 Å². The lowest BCUT2D eigenvalue weighted by Crippen LogP contribution is -2.03. The molecule has 3 aromatic rings. The molecule has 0 aliphatic rings. The number of nitrogens with zero attached hydrogens (tertiary/aromatic N) is 4. The van der Waals surface area contributed by atoms with E-state index >= 15 is 0 Å². The molecule has 0 saturated carbocycles. The first-order valence-electron chi connectivity index (χ1n) is 6.96. The third-order valence-electron chi connectivity index (χ3n) is 3.08. The SMILES string of the molecule is BrCCOc1ccc(-c2nnn(Cc3ccccc3)n2)cc1. The zero-order valence-corrected chi connectivity index (χ0v) is 13.5. The Morgan fingerprint density at radius 2 is 1.77 bits per heavy atom. The maximum absolute atomic E-state index is 5.52. The van der Waals surface area contributed by atoms with Gasteiger partial charge < -0.3 is 4.74 Å². The molecule has 2 aromatic carbocycles. The van der Waals surface area contributed by atoms with E-state index in [1.165, 1.54) is 0 Å². The van der Waals surface area contributed by atoms with Gasteiger partial charge in [-0.1, -0.05) is 46.3 Å². The summed E-state index contributed by atoms with van der Waals surface area (Å²) in [5, 5.41) is 13.4. The van der Waals surface area contributed by atoms with Gasteiger partial charge in [-0.15, -0.1) is 10.2 Å². The van der Waals surface area contributed by atoms with Crippen molar-refractivity contribution >= 4 is 15.9 Å². The number of alkyl halides is 1. The third kappa shape index (κ3) is 3.71. The molecule has 1 heterocycles. The van der Waals surface area contributed by atoms with Crippen LogP contribution in [0.25, 0.3) is 11.4 Å². The first-order chi connectivity index (χ1) is 10.8. The van der Waals surface area contributed by atoms with E-state index in [2.05, 4.69) is 31.3 Å². The summed E-state index contributed by atoms with van der Waals surface area (Å²) in [4.78, 5) is 1.60. The summed E-state index contributed by atoms with van der Waals surface area (Å²) in [6.07, 6.45) is 0. The Labute approximate surface area is 137 Å². The maximum atomic E-state index is 5.52. The second kappa shape index (κ2) is 7.17. The van der Waals surface area contributed by atoms with Gasteiger partial charge in [0, 0.05) is 10.9 Å². The third-order valence-corrected chi connectivity index (χ3v) is 3.40. The molecule has 0 unspecified atom stereocenters. The summed E-state index contributed by atoms with van der Waals surface area (Å²) in [6, 6.07) is 17.8. The molecule has 0 saturated heterocycles. The molecule has 6 heteroatoms. The van der Waals surface area contributed by atoms with Crippen LogP contribution in [0.3, 0.4) is 0 Å². The van der Waals surface area contributed by atoms with Crippen LogP contribution in [0.5, 0.6) is 5.75 Å². The summed E-state index contributed by atoms with van der Waals surface area (Å²) >= 11 is 3.33. The number of hydrogen-bond acceptors (Lipinski definition) is 4. The summed E-state index contributed by atoms with van der Waals surface area (Å²) in [7, 11) is 0. The molecule has 1 aromatic heterocycles. The first kappa shape index (κ1) is 14.7. The highest BCUT2D eigenvalue weighted by Crippen LogP contribution is 2.18. The number of ether oxygens (including phenoxy) is 1. The van der Waals surface area contributed by atoms with E-state index in [0.29, 0.717) is 19.0 Å². The molecule has 112 valence electrons. The minimum Gasteiger partial charge on any atom is -0.493 e. The maximum Gasteiger partial charge on any atom is 0.204 e. The highest BCUT2D eigenvalue weighted by molar-refractivity contribution is 9.09. The molecular formula is C16H15BrN4O. The fraction of sp³-hybridized carbons (Fsp3) is 0.188. The fourth-order valence-corrected chi connectivity index (χ4v) is 2.19. The van der Waals surface area contributed by atoms with E-state index in [4.69, 9.17) is 4.74 Å². The molecule has 0 fully saturated rings. The van der Waals surface area contributed by atoms with Gasteiger partial charge in [0.15, 0.2) is 0 Å². The van der Waals surface area contributed by atoms with E-state index in [1.807, 2.05) is 54.6 Å². The second-order valence-electron chi connectivity index (χ2n) is 4.69. The standard InChI is InChI=1S/C16H15BrN4O/c17-10-11-22-15-8-6-14(7-9-15)16-18-20-21(19-16)12-13-4-2-1-3-5-13/h1-9H,10-12H2. The predicted molar refractivity (Wildman–Crippen MR) is 88.1 cm³/mol. The zero-order chi connectivity index (χ0) is 15.2. The zero-order valence-electron chi connectivity index (χ0n) is 11.9. The van der Waals surface area contributed by atoms with Crippen molar-refractivity contribution in [1.29, 1.82) is 0 Å². The molecule has 0 radical (unpaired) electrons. The monoisotopic (exact) mass is 358 g/mol. The molecule has 3 rings (SSSR count). The molecule has 0 spiro atoms. The van der Waals surface area contributed by atoms with Gasteiger partial charge in [-0.25, -0.2) is 0 Å². The molecule has 0 aliphatic carbocycles. The van der Waals surface area contributed by atoms with Crippen molar-refractivity contribution in [2.75, 3.05) is 11.9 Å². The number of benzene rings is 2. The normalized spacial score (nSPS) is 10.6. The number of tetrazole rings is 1. The molecule has 5 nitrogen and oxygen atoms in total. The van der Waals surface area contributed by atoms with Crippen molar-refractivity contribution in [2.24, 2.45) is 0 Å². The molecule has 0 N–H and O–H groups in total. The summed E-state index contributed by atoms with van der Waals surface area (Å²) < 4.78 is 5.52. The molecular weight excluding hydrogens is 344 g/mol. The number of rotatable bonds is 6. The molecule has 0 bridgehead atoms.